The van der Waals surface area contributed by atoms with Crippen molar-refractivity contribution in [1.82, 2.24) is 0 Å². The zero-order valence-electron chi connectivity index (χ0n) is 11.1. The first-order valence-electron chi connectivity index (χ1n) is 5.66. The predicted octanol–water partition coefficient (Wildman–Crippen LogP) is 3.66. The van der Waals surface area contributed by atoms with Crippen molar-refractivity contribution < 1.29 is 4.58 Å². The lowest BCUT2D eigenvalue weighted by Crippen LogP contribution is -2.51. The van der Waals surface area contributed by atoms with Gasteiger partial charge in [0.25, 0.3) is 0 Å². The van der Waals surface area contributed by atoms with Crippen LogP contribution in [0.5, 0.6) is 0 Å². The topological polar surface area (TPSA) is 3.01 Å². The Labute approximate surface area is 95.2 Å². The fraction of sp³-hybridized carbons (Fsp3) is 0.643. The molecule has 0 rings (SSSR count). The second-order valence-electron chi connectivity index (χ2n) is 4.74. The van der Waals surface area contributed by atoms with Gasteiger partial charge in [0.1, 0.15) is 13.8 Å². The van der Waals surface area contributed by atoms with E-state index in [0.717, 1.165) is 18.4 Å². The Bertz CT molecular complexity index is 277. The highest BCUT2D eigenvalue weighted by Gasteiger charge is 2.49. The van der Waals surface area contributed by atoms with Crippen LogP contribution in [-0.4, -0.2) is 23.9 Å². The monoisotopic (exact) mass is 208 g/mol. The molecule has 15 heavy (non-hydrogen) atoms. The molecule has 0 amide bonds. The minimum Gasteiger partial charge on any atom is -0.239 e. The summed E-state index contributed by atoms with van der Waals surface area (Å²) in [5.41, 5.74) is 1.15. The molecule has 0 spiro atoms. The molecular weight excluding hydrogens is 182 g/mol. The van der Waals surface area contributed by atoms with E-state index in [1.165, 1.54) is 0 Å². The molecule has 1 heteroatoms. The predicted molar refractivity (Wildman–Crippen MR) is 69.7 cm³/mol. The average molecular weight is 208 g/mol. The molecule has 0 radical (unpaired) electrons. The van der Waals surface area contributed by atoms with E-state index in [4.69, 9.17) is 0 Å². The van der Waals surface area contributed by atoms with E-state index in [1.54, 1.807) is 0 Å². The van der Waals surface area contributed by atoms with Gasteiger partial charge in [-0.05, 0) is 18.9 Å². The summed E-state index contributed by atoms with van der Waals surface area (Å²) in [6, 6.07) is 0. The fourth-order valence-corrected chi connectivity index (χ4v) is 2.26. The van der Waals surface area contributed by atoms with Gasteiger partial charge in [-0.25, -0.2) is 4.58 Å². The maximum Gasteiger partial charge on any atom is 0.167 e. The summed E-state index contributed by atoms with van der Waals surface area (Å²) in [5, 5.41) is 0. The van der Waals surface area contributed by atoms with Crippen LogP contribution in [-0.2, 0) is 0 Å². The van der Waals surface area contributed by atoms with Crippen LogP contribution in [0.25, 0.3) is 0 Å². The maximum absolute atomic E-state index is 4.14. The molecule has 0 aromatic carbocycles. The van der Waals surface area contributed by atoms with Gasteiger partial charge in [-0.15, -0.1) is 0 Å². The molecule has 86 valence electrons. The molecule has 2 atom stereocenters. The van der Waals surface area contributed by atoms with Crippen molar-refractivity contribution in [1.29, 1.82) is 0 Å². The third-order valence-corrected chi connectivity index (χ3v) is 4.38. The van der Waals surface area contributed by atoms with Crippen molar-refractivity contribution in [3.63, 3.8) is 0 Å². The summed E-state index contributed by atoms with van der Waals surface area (Å²) in [4.78, 5) is 0. The van der Waals surface area contributed by atoms with Gasteiger partial charge in [-0.3, -0.25) is 0 Å². The number of allylic oxidation sites excluding steroid dienone is 1. The highest BCUT2D eigenvalue weighted by atomic mass is 15.1. The van der Waals surface area contributed by atoms with Crippen molar-refractivity contribution in [3.8, 4) is 0 Å². The van der Waals surface area contributed by atoms with Crippen LogP contribution < -0.4 is 0 Å². The van der Waals surface area contributed by atoms with Crippen LogP contribution in [0.15, 0.2) is 24.8 Å². The van der Waals surface area contributed by atoms with Gasteiger partial charge in [0.2, 0.25) is 0 Å². The highest BCUT2D eigenvalue weighted by molar-refractivity contribution is 5.26. The minimum atomic E-state index is 0.0209. The summed E-state index contributed by atoms with van der Waals surface area (Å²) in [6.07, 6.45) is 3.97. The molecule has 0 saturated carbocycles. The third kappa shape index (κ3) is 2.06. The van der Waals surface area contributed by atoms with Crippen molar-refractivity contribution in [2.24, 2.45) is 5.41 Å². The van der Waals surface area contributed by atoms with E-state index in [-0.39, 0.29) is 11.0 Å². The molecule has 0 aromatic rings. The summed E-state index contributed by atoms with van der Waals surface area (Å²) in [7, 11) is 2.04. The molecule has 0 N–H and O–H groups in total. The van der Waals surface area contributed by atoms with Gasteiger partial charge in [0.05, 0.1) is 5.41 Å². The number of nitrogens with zero attached hydrogens (tertiary/aromatic N) is 1. The van der Waals surface area contributed by atoms with Crippen LogP contribution in [0.4, 0.5) is 0 Å². The Hall–Kier alpha value is -0.850. The van der Waals surface area contributed by atoms with Gasteiger partial charge in [0.15, 0.2) is 5.54 Å². The smallest absolute Gasteiger partial charge is 0.167 e. The summed E-state index contributed by atoms with van der Waals surface area (Å²) < 4.78 is 2.06. The molecular formula is C14H26N+. The first-order valence-corrected chi connectivity index (χ1v) is 5.66. The second kappa shape index (κ2) is 4.78. The number of hydrogen-bond acceptors (Lipinski definition) is 0. The minimum absolute atomic E-state index is 0.0209. The van der Waals surface area contributed by atoms with Gasteiger partial charge in [0, 0.05) is 13.3 Å². The lowest BCUT2D eigenvalue weighted by molar-refractivity contribution is -0.591. The van der Waals surface area contributed by atoms with E-state index in [0.29, 0.717) is 0 Å². The second-order valence-corrected chi connectivity index (χ2v) is 4.74. The van der Waals surface area contributed by atoms with Crippen LogP contribution in [0.1, 0.15) is 40.5 Å². The van der Waals surface area contributed by atoms with Crippen LogP contribution in [0, 0.1) is 5.41 Å². The van der Waals surface area contributed by atoms with Crippen molar-refractivity contribution in [2.75, 3.05) is 7.05 Å². The van der Waals surface area contributed by atoms with Crippen LogP contribution in [0.2, 0.25) is 0 Å². The fourth-order valence-electron chi connectivity index (χ4n) is 2.26. The Kier molecular flexibility index (Phi) is 4.51. The van der Waals surface area contributed by atoms with E-state index < -0.39 is 0 Å². The van der Waals surface area contributed by atoms with Crippen molar-refractivity contribution in [3.05, 3.63) is 24.8 Å². The zero-order valence-corrected chi connectivity index (χ0v) is 11.1. The number of rotatable bonds is 6. The van der Waals surface area contributed by atoms with Gasteiger partial charge < -0.3 is 0 Å². The summed E-state index contributed by atoms with van der Waals surface area (Å²) >= 11 is 0. The molecule has 0 fully saturated rings. The SMILES string of the molecule is C=CC(=C)C(C)(CC)C(C)(CC)[N+](=C)C. The van der Waals surface area contributed by atoms with Crippen LogP contribution >= 0.6 is 0 Å². The van der Waals surface area contributed by atoms with Gasteiger partial charge in [-0.2, -0.15) is 0 Å². The van der Waals surface area contributed by atoms with E-state index in [9.17, 15) is 0 Å². The molecule has 0 aliphatic carbocycles. The first-order chi connectivity index (χ1) is 6.80. The number of hydrogen-bond donors (Lipinski definition) is 0. The maximum atomic E-state index is 4.14. The Balaban J connectivity index is 5.51. The summed E-state index contributed by atoms with van der Waals surface area (Å²) in [5.74, 6) is 0. The molecule has 0 aliphatic heterocycles. The van der Waals surface area contributed by atoms with Gasteiger partial charge >= 0.3 is 0 Å². The zero-order chi connectivity index (χ0) is 12.3. The van der Waals surface area contributed by atoms with Crippen LogP contribution in [0.3, 0.4) is 0 Å². The molecule has 0 aliphatic rings. The molecule has 2 unspecified atom stereocenters. The molecule has 0 heterocycles. The normalized spacial score (nSPS) is 18.7. The quantitative estimate of drug-likeness (QED) is 0.356. The van der Waals surface area contributed by atoms with E-state index in [1.807, 2.05) is 13.1 Å². The Morgan fingerprint density at radius 3 is 1.93 bits per heavy atom. The van der Waals surface area contributed by atoms with Crippen molar-refractivity contribution >= 4 is 6.72 Å². The molecule has 0 saturated heterocycles. The van der Waals surface area contributed by atoms with E-state index in [2.05, 4.69) is 52.1 Å². The van der Waals surface area contributed by atoms with Crippen molar-refractivity contribution in [2.45, 2.75) is 46.1 Å². The summed E-state index contributed by atoms with van der Waals surface area (Å²) in [6.45, 7) is 21.0. The van der Waals surface area contributed by atoms with Gasteiger partial charge in [-0.1, -0.05) is 33.1 Å². The first kappa shape index (κ1) is 14.2. The standard InChI is InChI=1S/C14H26N/c1-9-12(4)13(5,10-2)14(6,11-3)15(7)8/h9H,1,4,7,10-11H2,2-3,5-6,8H3/q+1. The molecule has 0 bridgehead atoms. The lowest BCUT2D eigenvalue weighted by Gasteiger charge is -2.42. The van der Waals surface area contributed by atoms with E-state index >= 15 is 0 Å². The average Bonchev–Trinajstić information content (AvgIpc) is 2.24. The lowest BCUT2D eigenvalue weighted by atomic mass is 9.64. The highest BCUT2D eigenvalue weighted by Crippen LogP contribution is 2.44. The Morgan fingerprint density at radius 2 is 1.73 bits per heavy atom. The third-order valence-electron chi connectivity index (χ3n) is 4.38. The largest absolute Gasteiger partial charge is 0.239 e. The molecule has 1 nitrogen and oxygen atoms in total. The molecule has 0 aromatic heterocycles. The Morgan fingerprint density at radius 1 is 1.27 bits per heavy atom.